The van der Waals surface area contributed by atoms with Crippen molar-refractivity contribution in [3.8, 4) is 0 Å². The van der Waals surface area contributed by atoms with Crippen molar-refractivity contribution in [3.05, 3.63) is 18.2 Å². The fourth-order valence-corrected chi connectivity index (χ4v) is 5.53. The molecule has 0 radical (unpaired) electrons. The van der Waals surface area contributed by atoms with E-state index in [1.807, 2.05) is 0 Å². The number of H-pyrrole nitrogens is 1. The van der Waals surface area contributed by atoms with Crippen LogP contribution in [0.2, 0.25) is 0 Å². The molecule has 2 nitrogen and oxygen atoms in total. The molecule has 0 aliphatic rings. The van der Waals surface area contributed by atoms with Crippen LogP contribution in [0.5, 0.6) is 0 Å². The molecule has 200 valence electrons. The number of nitrogens with one attached hydrogen (secondary N) is 1. The van der Waals surface area contributed by atoms with E-state index in [1.165, 1.54) is 160 Å². The molecule has 2 heteroatoms. The lowest BCUT2D eigenvalue weighted by Gasteiger charge is -2.14. The van der Waals surface area contributed by atoms with Gasteiger partial charge in [0.25, 0.3) is 5.82 Å². The molecule has 1 rings (SSSR count). The van der Waals surface area contributed by atoms with Gasteiger partial charge in [0.05, 0.1) is 12.5 Å². The van der Waals surface area contributed by atoms with E-state index in [4.69, 9.17) is 0 Å². The first kappa shape index (κ1) is 31.2. The lowest BCUT2D eigenvalue weighted by Crippen LogP contribution is -2.36. The van der Waals surface area contributed by atoms with Gasteiger partial charge in [-0.15, -0.1) is 0 Å². The van der Waals surface area contributed by atoms with E-state index in [1.54, 1.807) is 0 Å². The molecule has 1 aromatic rings. The monoisotopic (exact) mass is 475 g/mol. The molecule has 0 fully saturated rings. The largest absolute Gasteiger partial charge is 0.257 e. The SMILES string of the molecule is CCCCCCCCCCCCCCCCC[C@H](CCCCCCCCC)c1[nH]cc[n+]1CC. The number of aromatic amines is 1. The maximum Gasteiger partial charge on any atom is 0.257 e. The van der Waals surface area contributed by atoms with Crippen molar-refractivity contribution >= 4 is 0 Å². The Balaban J connectivity index is 2.07. The summed E-state index contributed by atoms with van der Waals surface area (Å²) in [6, 6.07) is 0. The summed E-state index contributed by atoms with van der Waals surface area (Å²) >= 11 is 0. The number of hydrogen-bond acceptors (Lipinski definition) is 0. The zero-order chi connectivity index (χ0) is 24.5. The Kier molecular flexibility index (Phi) is 22.0. The first-order chi connectivity index (χ1) is 16.8. The Morgan fingerprint density at radius 3 is 1.24 bits per heavy atom. The number of aromatic nitrogens is 2. The summed E-state index contributed by atoms with van der Waals surface area (Å²) in [6.45, 7) is 7.97. The normalized spacial score (nSPS) is 12.4. The van der Waals surface area contributed by atoms with Gasteiger partial charge >= 0.3 is 0 Å². The minimum Gasteiger partial charge on any atom is -0.247 e. The van der Waals surface area contributed by atoms with Crippen LogP contribution in [0.15, 0.2) is 12.4 Å². The van der Waals surface area contributed by atoms with Crippen molar-refractivity contribution in [2.75, 3.05) is 0 Å². The van der Waals surface area contributed by atoms with Gasteiger partial charge in [-0.05, 0) is 19.8 Å². The maximum atomic E-state index is 3.59. The minimum atomic E-state index is 0.729. The molecule has 0 saturated heterocycles. The van der Waals surface area contributed by atoms with E-state index < -0.39 is 0 Å². The van der Waals surface area contributed by atoms with E-state index in [0.717, 1.165) is 12.5 Å². The van der Waals surface area contributed by atoms with Gasteiger partial charge in [0.2, 0.25) is 0 Å². The van der Waals surface area contributed by atoms with E-state index >= 15 is 0 Å². The van der Waals surface area contributed by atoms with Gasteiger partial charge in [-0.2, -0.15) is 0 Å². The smallest absolute Gasteiger partial charge is 0.247 e. The van der Waals surface area contributed by atoms with Crippen LogP contribution in [0.4, 0.5) is 0 Å². The molecule has 1 N–H and O–H groups in total. The molecule has 0 aliphatic heterocycles. The van der Waals surface area contributed by atoms with Crippen LogP contribution in [0.1, 0.15) is 187 Å². The Bertz CT molecular complexity index is 521. The van der Waals surface area contributed by atoms with Crippen LogP contribution >= 0.6 is 0 Å². The van der Waals surface area contributed by atoms with Crippen molar-refractivity contribution in [1.29, 1.82) is 0 Å². The van der Waals surface area contributed by atoms with E-state index in [2.05, 4.69) is 42.7 Å². The average Bonchev–Trinajstić information content (AvgIpc) is 3.33. The lowest BCUT2D eigenvalue weighted by atomic mass is 9.93. The summed E-state index contributed by atoms with van der Waals surface area (Å²) in [4.78, 5) is 3.59. The standard InChI is InChI=1S/C32H62N2/c1-4-7-9-11-13-14-15-16-17-18-19-20-22-24-26-28-31(32-33-29-30-34(32)6-3)27-25-23-21-12-10-8-5-2/h29-31H,4-28H2,1-3H3/p+1/t31-/m0/s1. The van der Waals surface area contributed by atoms with Crippen molar-refractivity contribution in [2.45, 2.75) is 187 Å². The number of unbranched alkanes of at least 4 members (excludes halogenated alkanes) is 20. The van der Waals surface area contributed by atoms with Crippen molar-refractivity contribution in [2.24, 2.45) is 0 Å². The lowest BCUT2D eigenvalue weighted by molar-refractivity contribution is -0.701. The highest BCUT2D eigenvalue weighted by Crippen LogP contribution is 2.26. The predicted molar refractivity (Wildman–Crippen MR) is 152 cm³/mol. The second kappa shape index (κ2) is 23.9. The Morgan fingerprint density at radius 2 is 0.882 bits per heavy atom. The second-order valence-electron chi connectivity index (χ2n) is 11.0. The highest BCUT2D eigenvalue weighted by Gasteiger charge is 2.21. The highest BCUT2D eigenvalue weighted by molar-refractivity contribution is 4.90. The molecular weight excluding hydrogens is 412 g/mol. The molecule has 0 bridgehead atoms. The summed E-state index contributed by atoms with van der Waals surface area (Å²) in [6.07, 6.45) is 38.8. The molecule has 0 saturated carbocycles. The van der Waals surface area contributed by atoms with Gasteiger partial charge in [0, 0.05) is 0 Å². The topological polar surface area (TPSA) is 19.7 Å². The molecule has 0 aliphatic carbocycles. The van der Waals surface area contributed by atoms with Gasteiger partial charge in [-0.25, -0.2) is 9.55 Å². The Labute approximate surface area is 215 Å². The van der Waals surface area contributed by atoms with Crippen LogP contribution in [0.25, 0.3) is 0 Å². The molecule has 1 aromatic heterocycles. The number of rotatable bonds is 26. The predicted octanol–water partition coefficient (Wildman–Crippen LogP) is 10.8. The van der Waals surface area contributed by atoms with Crippen molar-refractivity contribution in [3.63, 3.8) is 0 Å². The van der Waals surface area contributed by atoms with E-state index in [-0.39, 0.29) is 0 Å². The molecule has 1 atom stereocenters. The van der Waals surface area contributed by atoms with E-state index in [0.29, 0.717) is 0 Å². The van der Waals surface area contributed by atoms with Crippen LogP contribution in [0, 0.1) is 0 Å². The van der Waals surface area contributed by atoms with Gasteiger partial charge in [0.1, 0.15) is 12.4 Å². The third kappa shape index (κ3) is 16.8. The molecule has 0 spiro atoms. The average molecular weight is 476 g/mol. The highest BCUT2D eigenvalue weighted by atomic mass is 15.1. The van der Waals surface area contributed by atoms with E-state index in [9.17, 15) is 0 Å². The molecule has 0 amide bonds. The van der Waals surface area contributed by atoms with Gasteiger partial charge < -0.3 is 0 Å². The van der Waals surface area contributed by atoms with Crippen LogP contribution in [-0.4, -0.2) is 4.98 Å². The summed E-state index contributed by atoms with van der Waals surface area (Å²) in [7, 11) is 0. The van der Waals surface area contributed by atoms with Gasteiger partial charge in [-0.3, -0.25) is 0 Å². The number of nitrogens with zero attached hydrogens (tertiary/aromatic N) is 1. The number of imidazole rings is 1. The molecule has 1 heterocycles. The fourth-order valence-electron chi connectivity index (χ4n) is 5.53. The first-order valence-corrected chi connectivity index (χ1v) is 15.9. The summed E-state index contributed by atoms with van der Waals surface area (Å²) in [5.41, 5.74) is 0. The number of aryl methyl sites for hydroxylation is 1. The molecule has 0 aromatic carbocycles. The van der Waals surface area contributed by atoms with Crippen LogP contribution in [-0.2, 0) is 6.54 Å². The Hall–Kier alpha value is -0.790. The maximum absolute atomic E-state index is 3.59. The molecular formula is C32H63N2+. The minimum absolute atomic E-state index is 0.729. The number of hydrogen-bond donors (Lipinski definition) is 1. The summed E-state index contributed by atoms with van der Waals surface area (Å²) in [5, 5.41) is 0. The van der Waals surface area contributed by atoms with Gasteiger partial charge in [-0.1, -0.05) is 155 Å². The zero-order valence-electron chi connectivity index (χ0n) is 23.9. The molecule has 34 heavy (non-hydrogen) atoms. The summed E-state index contributed by atoms with van der Waals surface area (Å²) in [5.74, 6) is 2.21. The summed E-state index contributed by atoms with van der Waals surface area (Å²) < 4.78 is 2.44. The molecule has 0 unspecified atom stereocenters. The zero-order valence-corrected chi connectivity index (χ0v) is 23.9. The second-order valence-corrected chi connectivity index (χ2v) is 11.0. The first-order valence-electron chi connectivity index (χ1n) is 15.9. The third-order valence-electron chi connectivity index (χ3n) is 7.83. The van der Waals surface area contributed by atoms with Crippen LogP contribution < -0.4 is 4.57 Å². The van der Waals surface area contributed by atoms with Crippen molar-refractivity contribution < 1.29 is 4.57 Å². The Morgan fingerprint density at radius 1 is 0.529 bits per heavy atom. The van der Waals surface area contributed by atoms with Gasteiger partial charge in [0.15, 0.2) is 0 Å². The van der Waals surface area contributed by atoms with Crippen LogP contribution in [0.3, 0.4) is 0 Å². The fraction of sp³-hybridized carbons (Fsp3) is 0.906. The third-order valence-corrected chi connectivity index (χ3v) is 7.83. The quantitative estimate of drug-likeness (QED) is 0.101. The van der Waals surface area contributed by atoms with Crippen molar-refractivity contribution in [1.82, 2.24) is 4.98 Å².